The highest BCUT2D eigenvalue weighted by Gasteiger charge is 2.13. The molecule has 0 fully saturated rings. The molecule has 0 bridgehead atoms. The molecule has 1 N–H and O–H groups in total. The Kier molecular flexibility index (Phi) is 3.62. The minimum atomic E-state index is 0.443. The summed E-state index contributed by atoms with van der Waals surface area (Å²) >= 11 is 5.10. The molecule has 0 aliphatic heterocycles. The van der Waals surface area contributed by atoms with Crippen molar-refractivity contribution in [2.24, 2.45) is 0 Å². The molecule has 1 heterocycles. The Hall–Kier alpha value is -1.88. The zero-order valence-electron chi connectivity index (χ0n) is 10.5. The number of methoxy groups -OCH3 is 2. The van der Waals surface area contributed by atoms with Gasteiger partial charge in [-0.05, 0) is 37.3 Å². The zero-order chi connectivity index (χ0) is 13.1. The van der Waals surface area contributed by atoms with Crippen molar-refractivity contribution in [3.8, 4) is 22.8 Å². The molecule has 2 aromatic rings. The Labute approximate surface area is 111 Å². The number of benzene rings is 1. The SMILES string of the molecule is COc1cccc(OC)c1-c1cc(C)[nH]c(=S)n1. The molecule has 4 nitrogen and oxygen atoms in total. The second-order valence-corrected chi connectivity index (χ2v) is 4.18. The van der Waals surface area contributed by atoms with Crippen LogP contribution in [0.25, 0.3) is 11.3 Å². The minimum Gasteiger partial charge on any atom is -0.496 e. The lowest BCUT2D eigenvalue weighted by Gasteiger charge is -2.12. The number of ether oxygens (including phenoxy) is 2. The van der Waals surface area contributed by atoms with Crippen molar-refractivity contribution in [3.05, 3.63) is 34.7 Å². The van der Waals surface area contributed by atoms with Crippen LogP contribution in [-0.4, -0.2) is 24.2 Å². The maximum atomic E-state index is 5.36. The Bertz CT molecular complexity index is 600. The summed E-state index contributed by atoms with van der Waals surface area (Å²) in [5.41, 5.74) is 2.49. The first kappa shape index (κ1) is 12.6. The highest BCUT2D eigenvalue weighted by atomic mass is 32.1. The van der Waals surface area contributed by atoms with Crippen LogP contribution in [0.4, 0.5) is 0 Å². The van der Waals surface area contributed by atoms with Gasteiger partial charge in [-0.15, -0.1) is 0 Å². The van der Waals surface area contributed by atoms with Gasteiger partial charge < -0.3 is 14.5 Å². The van der Waals surface area contributed by atoms with E-state index in [0.29, 0.717) is 16.3 Å². The first-order valence-corrected chi connectivity index (χ1v) is 5.86. The van der Waals surface area contributed by atoms with Gasteiger partial charge >= 0.3 is 0 Å². The fourth-order valence-corrected chi connectivity index (χ4v) is 2.07. The summed E-state index contributed by atoms with van der Waals surface area (Å²) in [6.07, 6.45) is 0. The maximum absolute atomic E-state index is 5.36. The van der Waals surface area contributed by atoms with Crippen molar-refractivity contribution in [1.29, 1.82) is 0 Å². The third-order valence-corrected chi connectivity index (χ3v) is 2.76. The van der Waals surface area contributed by atoms with Crippen LogP contribution in [0, 0.1) is 11.7 Å². The van der Waals surface area contributed by atoms with Gasteiger partial charge in [0, 0.05) is 5.69 Å². The molecule has 0 unspecified atom stereocenters. The van der Waals surface area contributed by atoms with E-state index in [4.69, 9.17) is 21.7 Å². The fourth-order valence-electron chi connectivity index (χ4n) is 1.81. The van der Waals surface area contributed by atoms with E-state index in [-0.39, 0.29) is 0 Å². The Morgan fingerprint density at radius 2 is 1.78 bits per heavy atom. The summed E-state index contributed by atoms with van der Waals surface area (Å²) in [6.45, 7) is 1.93. The normalized spacial score (nSPS) is 10.2. The molecule has 18 heavy (non-hydrogen) atoms. The number of rotatable bonds is 3. The van der Waals surface area contributed by atoms with Gasteiger partial charge in [-0.3, -0.25) is 0 Å². The Balaban J connectivity index is 2.72. The van der Waals surface area contributed by atoms with Gasteiger partial charge in [0.15, 0.2) is 4.77 Å². The average molecular weight is 262 g/mol. The average Bonchev–Trinajstić information content (AvgIpc) is 2.36. The molecule has 0 radical (unpaired) electrons. The standard InChI is InChI=1S/C13H14N2O2S/c1-8-7-9(15-13(18)14-8)12-10(16-2)5-4-6-11(12)17-3/h4-7H,1-3H3,(H,14,15,18). The topological polar surface area (TPSA) is 47.1 Å². The third-order valence-electron chi connectivity index (χ3n) is 2.56. The largest absolute Gasteiger partial charge is 0.496 e. The summed E-state index contributed by atoms with van der Waals surface area (Å²) < 4.78 is 11.2. The number of aryl methyl sites for hydroxylation is 1. The zero-order valence-corrected chi connectivity index (χ0v) is 11.3. The minimum absolute atomic E-state index is 0.443. The third kappa shape index (κ3) is 2.36. The number of hydrogen-bond donors (Lipinski definition) is 1. The van der Waals surface area contributed by atoms with Crippen LogP contribution < -0.4 is 9.47 Å². The molecule has 1 aromatic carbocycles. The molecular formula is C13H14N2O2S. The lowest BCUT2D eigenvalue weighted by atomic mass is 10.1. The first-order chi connectivity index (χ1) is 8.65. The number of hydrogen-bond acceptors (Lipinski definition) is 4. The van der Waals surface area contributed by atoms with Crippen molar-refractivity contribution in [1.82, 2.24) is 9.97 Å². The van der Waals surface area contributed by atoms with Crippen molar-refractivity contribution < 1.29 is 9.47 Å². The number of aromatic amines is 1. The lowest BCUT2D eigenvalue weighted by Crippen LogP contribution is -1.96. The highest BCUT2D eigenvalue weighted by Crippen LogP contribution is 2.37. The molecule has 0 amide bonds. The molecular weight excluding hydrogens is 248 g/mol. The predicted molar refractivity (Wildman–Crippen MR) is 72.7 cm³/mol. The van der Waals surface area contributed by atoms with Crippen LogP contribution in [0.5, 0.6) is 11.5 Å². The van der Waals surface area contributed by atoms with Crippen LogP contribution in [-0.2, 0) is 0 Å². The van der Waals surface area contributed by atoms with E-state index < -0.39 is 0 Å². The maximum Gasteiger partial charge on any atom is 0.197 e. The summed E-state index contributed by atoms with van der Waals surface area (Å²) in [4.78, 5) is 7.30. The van der Waals surface area contributed by atoms with E-state index in [1.54, 1.807) is 14.2 Å². The van der Waals surface area contributed by atoms with Crippen LogP contribution in [0.3, 0.4) is 0 Å². The number of nitrogens with one attached hydrogen (secondary N) is 1. The van der Waals surface area contributed by atoms with E-state index in [2.05, 4.69) is 9.97 Å². The molecule has 0 atom stereocenters. The van der Waals surface area contributed by atoms with Gasteiger partial charge in [0.05, 0.1) is 25.5 Å². The molecule has 2 rings (SSSR count). The number of nitrogens with zero attached hydrogens (tertiary/aromatic N) is 1. The van der Waals surface area contributed by atoms with E-state index in [1.165, 1.54) is 0 Å². The van der Waals surface area contributed by atoms with Crippen LogP contribution in [0.2, 0.25) is 0 Å². The smallest absolute Gasteiger partial charge is 0.197 e. The van der Waals surface area contributed by atoms with Crippen LogP contribution in [0.15, 0.2) is 24.3 Å². The van der Waals surface area contributed by atoms with Gasteiger partial charge in [-0.1, -0.05) is 6.07 Å². The monoisotopic (exact) mass is 262 g/mol. The summed E-state index contributed by atoms with van der Waals surface area (Å²) in [7, 11) is 3.24. The lowest BCUT2D eigenvalue weighted by molar-refractivity contribution is 0.397. The van der Waals surface area contributed by atoms with Gasteiger partial charge in [-0.2, -0.15) is 0 Å². The van der Waals surface area contributed by atoms with Gasteiger partial charge in [0.2, 0.25) is 0 Å². The summed E-state index contributed by atoms with van der Waals surface area (Å²) in [5.74, 6) is 1.42. The van der Waals surface area contributed by atoms with Gasteiger partial charge in [0.1, 0.15) is 11.5 Å². The first-order valence-electron chi connectivity index (χ1n) is 5.45. The summed E-state index contributed by atoms with van der Waals surface area (Å²) in [6, 6.07) is 7.52. The summed E-state index contributed by atoms with van der Waals surface area (Å²) in [5, 5.41) is 0. The predicted octanol–water partition coefficient (Wildman–Crippen LogP) is 3.13. The molecule has 94 valence electrons. The van der Waals surface area contributed by atoms with Crippen molar-refractivity contribution in [2.45, 2.75) is 6.92 Å². The van der Waals surface area contributed by atoms with Crippen LogP contribution in [0.1, 0.15) is 5.69 Å². The van der Waals surface area contributed by atoms with Gasteiger partial charge in [-0.25, -0.2) is 4.98 Å². The van der Waals surface area contributed by atoms with Crippen molar-refractivity contribution in [3.63, 3.8) is 0 Å². The number of H-pyrrole nitrogens is 1. The molecule has 0 spiro atoms. The molecule has 0 aliphatic rings. The molecule has 0 saturated carbocycles. The highest BCUT2D eigenvalue weighted by molar-refractivity contribution is 7.71. The quantitative estimate of drug-likeness (QED) is 0.863. The van der Waals surface area contributed by atoms with Crippen molar-refractivity contribution >= 4 is 12.2 Å². The number of aromatic nitrogens is 2. The fraction of sp³-hybridized carbons (Fsp3) is 0.231. The Morgan fingerprint density at radius 3 is 2.28 bits per heavy atom. The second-order valence-electron chi connectivity index (χ2n) is 3.79. The molecule has 0 saturated heterocycles. The Morgan fingerprint density at radius 1 is 1.17 bits per heavy atom. The van der Waals surface area contributed by atoms with E-state index in [9.17, 15) is 0 Å². The molecule has 1 aromatic heterocycles. The van der Waals surface area contributed by atoms with Crippen LogP contribution >= 0.6 is 12.2 Å². The second kappa shape index (κ2) is 5.18. The van der Waals surface area contributed by atoms with Gasteiger partial charge in [0.25, 0.3) is 0 Å². The van der Waals surface area contributed by atoms with Crippen molar-refractivity contribution in [2.75, 3.05) is 14.2 Å². The van der Waals surface area contributed by atoms with E-state index >= 15 is 0 Å². The molecule has 0 aliphatic carbocycles. The van der Waals surface area contributed by atoms with E-state index in [1.807, 2.05) is 31.2 Å². The van der Waals surface area contributed by atoms with E-state index in [0.717, 1.165) is 17.0 Å². The molecule has 5 heteroatoms.